The van der Waals surface area contributed by atoms with Gasteiger partial charge in [-0.15, -0.1) is 0 Å². The lowest BCUT2D eigenvalue weighted by atomic mass is 10.1. The number of rotatable bonds is 6. The SMILES string of the molecule is N#Cc1cccnc1NCc1ccc(N2CCN(CC3CC3)CC2)cc1. The first-order valence-electron chi connectivity index (χ1n) is 9.47. The quantitative estimate of drug-likeness (QED) is 0.870. The summed E-state index contributed by atoms with van der Waals surface area (Å²) in [4.78, 5) is 9.34. The number of hydrogen-bond acceptors (Lipinski definition) is 5. The molecule has 0 bridgehead atoms. The Morgan fingerprint density at radius 1 is 1.08 bits per heavy atom. The molecule has 0 atom stereocenters. The topological polar surface area (TPSA) is 55.2 Å². The van der Waals surface area contributed by atoms with Crippen LogP contribution in [0.4, 0.5) is 11.5 Å². The molecule has 1 aliphatic heterocycles. The summed E-state index contributed by atoms with van der Waals surface area (Å²) < 4.78 is 0. The highest BCUT2D eigenvalue weighted by Gasteiger charge is 2.26. The van der Waals surface area contributed by atoms with Gasteiger partial charge in [-0.2, -0.15) is 5.26 Å². The molecule has 26 heavy (non-hydrogen) atoms. The van der Waals surface area contributed by atoms with Crippen molar-refractivity contribution < 1.29 is 0 Å². The van der Waals surface area contributed by atoms with Gasteiger partial charge in [0.2, 0.25) is 0 Å². The molecule has 5 nitrogen and oxygen atoms in total. The molecule has 134 valence electrons. The van der Waals surface area contributed by atoms with E-state index in [1.54, 1.807) is 18.3 Å². The number of hydrogen-bond donors (Lipinski definition) is 1. The van der Waals surface area contributed by atoms with Gasteiger partial charge < -0.3 is 10.2 Å². The van der Waals surface area contributed by atoms with E-state index in [-0.39, 0.29) is 0 Å². The lowest BCUT2D eigenvalue weighted by Gasteiger charge is -2.36. The summed E-state index contributed by atoms with van der Waals surface area (Å²) in [6.45, 7) is 6.55. The summed E-state index contributed by atoms with van der Waals surface area (Å²) in [7, 11) is 0. The zero-order chi connectivity index (χ0) is 17.8. The smallest absolute Gasteiger partial charge is 0.144 e. The molecule has 2 fully saturated rings. The number of nitrogens with one attached hydrogen (secondary N) is 1. The zero-order valence-corrected chi connectivity index (χ0v) is 15.1. The van der Waals surface area contributed by atoms with E-state index < -0.39 is 0 Å². The highest BCUT2D eigenvalue weighted by molar-refractivity contribution is 5.52. The van der Waals surface area contributed by atoms with E-state index >= 15 is 0 Å². The van der Waals surface area contributed by atoms with Gasteiger partial charge >= 0.3 is 0 Å². The number of piperazine rings is 1. The molecule has 1 aromatic carbocycles. The molecule has 2 heterocycles. The summed E-state index contributed by atoms with van der Waals surface area (Å²) >= 11 is 0. The van der Waals surface area contributed by atoms with Gasteiger partial charge in [0.1, 0.15) is 11.9 Å². The number of nitrogens with zero attached hydrogens (tertiary/aromatic N) is 4. The molecule has 1 saturated carbocycles. The molecule has 1 saturated heterocycles. The third kappa shape index (κ3) is 4.14. The van der Waals surface area contributed by atoms with Gasteiger partial charge in [0.05, 0.1) is 5.56 Å². The van der Waals surface area contributed by atoms with Gasteiger partial charge in [-0.05, 0) is 48.6 Å². The minimum atomic E-state index is 0.577. The monoisotopic (exact) mass is 347 g/mol. The van der Waals surface area contributed by atoms with Crippen molar-refractivity contribution in [1.29, 1.82) is 5.26 Å². The third-order valence-corrected chi connectivity index (χ3v) is 5.28. The van der Waals surface area contributed by atoms with Crippen molar-refractivity contribution in [3.63, 3.8) is 0 Å². The first kappa shape index (κ1) is 16.9. The Morgan fingerprint density at radius 2 is 1.85 bits per heavy atom. The first-order valence-corrected chi connectivity index (χ1v) is 9.47. The average Bonchev–Trinajstić information content (AvgIpc) is 3.52. The standard InChI is InChI=1S/C21H25N5/c22-14-19-2-1-9-23-21(19)24-15-17-5-7-20(8-6-17)26-12-10-25(11-13-26)16-18-3-4-18/h1-2,5-9,18H,3-4,10-13,15-16H2,(H,23,24). The van der Waals surface area contributed by atoms with E-state index in [0.29, 0.717) is 17.9 Å². The van der Waals surface area contributed by atoms with Crippen molar-refractivity contribution in [1.82, 2.24) is 9.88 Å². The lowest BCUT2D eigenvalue weighted by molar-refractivity contribution is 0.248. The largest absolute Gasteiger partial charge is 0.369 e. The highest BCUT2D eigenvalue weighted by atomic mass is 15.3. The van der Waals surface area contributed by atoms with Crippen LogP contribution in [-0.2, 0) is 6.54 Å². The Morgan fingerprint density at radius 3 is 2.54 bits per heavy atom. The first-order chi connectivity index (χ1) is 12.8. The Bertz CT molecular complexity index is 768. The van der Waals surface area contributed by atoms with Crippen LogP contribution in [0.1, 0.15) is 24.0 Å². The van der Waals surface area contributed by atoms with Gasteiger partial charge in [0, 0.05) is 51.2 Å². The molecule has 0 spiro atoms. The number of nitriles is 1. The van der Waals surface area contributed by atoms with Crippen molar-refractivity contribution >= 4 is 11.5 Å². The Kier molecular flexibility index (Phi) is 5.03. The minimum absolute atomic E-state index is 0.577. The van der Waals surface area contributed by atoms with Crippen LogP contribution >= 0.6 is 0 Å². The molecule has 0 unspecified atom stereocenters. The molecule has 2 aliphatic rings. The van der Waals surface area contributed by atoms with E-state index in [2.05, 4.69) is 50.4 Å². The second-order valence-corrected chi connectivity index (χ2v) is 7.26. The molecule has 5 heteroatoms. The van der Waals surface area contributed by atoms with Crippen molar-refractivity contribution in [3.05, 3.63) is 53.7 Å². The van der Waals surface area contributed by atoms with Crippen LogP contribution in [0.15, 0.2) is 42.6 Å². The van der Waals surface area contributed by atoms with Crippen LogP contribution in [0.25, 0.3) is 0 Å². The number of benzene rings is 1. The molecule has 1 N–H and O–H groups in total. The van der Waals surface area contributed by atoms with Crippen LogP contribution in [0.5, 0.6) is 0 Å². The van der Waals surface area contributed by atoms with Crippen LogP contribution < -0.4 is 10.2 Å². The average molecular weight is 347 g/mol. The van der Waals surface area contributed by atoms with Crippen molar-refractivity contribution in [3.8, 4) is 6.07 Å². The summed E-state index contributed by atoms with van der Waals surface area (Å²) in [5.41, 5.74) is 3.07. The van der Waals surface area contributed by atoms with Gasteiger partial charge in [-0.1, -0.05) is 12.1 Å². The molecule has 0 radical (unpaired) electrons. The predicted octanol–water partition coefficient (Wildman–Crippen LogP) is 3.10. The van der Waals surface area contributed by atoms with Gasteiger partial charge in [0.25, 0.3) is 0 Å². The molecule has 2 aromatic rings. The Balaban J connectivity index is 1.30. The van der Waals surface area contributed by atoms with Crippen molar-refractivity contribution in [2.75, 3.05) is 42.9 Å². The maximum Gasteiger partial charge on any atom is 0.144 e. The normalized spacial score (nSPS) is 17.7. The second kappa shape index (κ2) is 7.76. The van der Waals surface area contributed by atoms with E-state index in [9.17, 15) is 0 Å². The van der Waals surface area contributed by atoms with Crippen LogP contribution in [0.2, 0.25) is 0 Å². The van der Waals surface area contributed by atoms with Crippen LogP contribution in [-0.4, -0.2) is 42.6 Å². The van der Waals surface area contributed by atoms with Gasteiger partial charge in [-0.3, -0.25) is 4.90 Å². The number of anilines is 2. The minimum Gasteiger partial charge on any atom is -0.369 e. The fourth-order valence-corrected chi connectivity index (χ4v) is 3.50. The predicted molar refractivity (Wildman–Crippen MR) is 104 cm³/mol. The van der Waals surface area contributed by atoms with Crippen LogP contribution in [0.3, 0.4) is 0 Å². The number of aromatic nitrogens is 1. The molecule has 1 aliphatic carbocycles. The summed E-state index contributed by atoms with van der Waals surface area (Å²) in [6, 6.07) is 14.5. The van der Waals surface area contributed by atoms with E-state index in [1.165, 1.54) is 43.7 Å². The Labute approximate surface area is 155 Å². The highest BCUT2D eigenvalue weighted by Crippen LogP contribution is 2.30. The van der Waals surface area contributed by atoms with E-state index in [4.69, 9.17) is 5.26 Å². The third-order valence-electron chi connectivity index (χ3n) is 5.28. The maximum absolute atomic E-state index is 9.13. The Hall–Kier alpha value is -2.58. The molecular weight excluding hydrogens is 322 g/mol. The van der Waals surface area contributed by atoms with Crippen molar-refractivity contribution in [2.24, 2.45) is 5.92 Å². The lowest BCUT2D eigenvalue weighted by Crippen LogP contribution is -2.47. The van der Waals surface area contributed by atoms with E-state index in [1.807, 2.05) is 0 Å². The van der Waals surface area contributed by atoms with Gasteiger partial charge in [-0.25, -0.2) is 4.98 Å². The maximum atomic E-state index is 9.13. The second-order valence-electron chi connectivity index (χ2n) is 7.26. The number of pyridine rings is 1. The molecule has 0 amide bonds. The van der Waals surface area contributed by atoms with Crippen molar-refractivity contribution in [2.45, 2.75) is 19.4 Å². The summed E-state index contributed by atoms with van der Waals surface area (Å²) in [6.07, 6.45) is 4.57. The zero-order valence-electron chi connectivity index (χ0n) is 15.1. The summed E-state index contributed by atoms with van der Waals surface area (Å²) in [5, 5.41) is 12.4. The molecular formula is C21H25N5. The fraction of sp³-hybridized carbons (Fsp3) is 0.429. The summed E-state index contributed by atoms with van der Waals surface area (Å²) in [5.74, 6) is 1.62. The van der Waals surface area contributed by atoms with Gasteiger partial charge in [0.15, 0.2) is 0 Å². The van der Waals surface area contributed by atoms with E-state index in [0.717, 1.165) is 19.0 Å². The fourth-order valence-electron chi connectivity index (χ4n) is 3.50. The molecule has 1 aromatic heterocycles. The molecule has 4 rings (SSSR count). The van der Waals surface area contributed by atoms with Crippen LogP contribution in [0, 0.1) is 17.2 Å².